The van der Waals surface area contributed by atoms with Crippen LogP contribution in [0.15, 0.2) is 6.07 Å². The molecule has 0 bridgehead atoms. The van der Waals surface area contributed by atoms with E-state index in [-0.39, 0.29) is 6.10 Å². The first-order valence-electron chi connectivity index (χ1n) is 7.77. The van der Waals surface area contributed by atoms with Crippen molar-refractivity contribution in [3.8, 4) is 5.88 Å². The maximum Gasteiger partial charge on any atom is 0.218 e. The zero-order valence-electron chi connectivity index (χ0n) is 13.3. The van der Waals surface area contributed by atoms with Gasteiger partial charge in [-0.15, -0.1) is 0 Å². The SMILES string of the molecule is CCN(CC)CCNc1cc(OC)nc(C2CCCO2)n1. The number of nitrogens with one attached hydrogen (secondary N) is 1. The Morgan fingerprint density at radius 1 is 1.38 bits per heavy atom. The van der Waals surface area contributed by atoms with Crippen LogP contribution in [0.1, 0.15) is 38.6 Å². The smallest absolute Gasteiger partial charge is 0.218 e. The second-order valence-corrected chi connectivity index (χ2v) is 5.11. The molecule has 1 aliphatic rings. The van der Waals surface area contributed by atoms with Crippen LogP contribution in [-0.4, -0.2) is 54.8 Å². The second kappa shape index (κ2) is 8.14. The normalized spacial score (nSPS) is 18.2. The van der Waals surface area contributed by atoms with Gasteiger partial charge < -0.3 is 19.7 Å². The lowest BCUT2D eigenvalue weighted by atomic mass is 10.2. The van der Waals surface area contributed by atoms with E-state index in [0.29, 0.717) is 5.88 Å². The van der Waals surface area contributed by atoms with Gasteiger partial charge in [0.1, 0.15) is 11.9 Å². The maximum absolute atomic E-state index is 5.65. The van der Waals surface area contributed by atoms with E-state index in [1.807, 2.05) is 6.07 Å². The molecule has 1 unspecified atom stereocenters. The van der Waals surface area contributed by atoms with Crippen molar-refractivity contribution in [3.63, 3.8) is 0 Å². The predicted molar refractivity (Wildman–Crippen MR) is 82.8 cm³/mol. The molecule has 6 nitrogen and oxygen atoms in total. The van der Waals surface area contributed by atoms with E-state index in [4.69, 9.17) is 9.47 Å². The third-order valence-corrected chi connectivity index (χ3v) is 3.78. The Hall–Kier alpha value is -1.40. The van der Waals surface area contributed by atoms with Crippen LogP contribution in [-0.2, 0) is 4.74 Å². The molecular formula is C15H26N4O2. The summed E-state index contributed by atoms with van der Waals surface area (Å²) in [5.41, 5.74) is 0. The first-order valence-corrected chi connectivity index (χ1v) is 7.77. The third kappa shape index (κ3) is 4.54. The summed E-state index contributed by atoms with van der Waals surface area (Å²) in [5.74, 6) is 2.11. The van der Waals surface area contributed by atoms with Crippen molar-refractivity contribution in [2.45, 2.75) is 32.8 Å². The third-order valence-electron chi connectivity index (χ3n) is 3.78. The molecule has 0 radical (unpaired) electrons. The van der Waals surface area contributed by atoms with Crippen molar-refractivity contribution < 1.29 is 9.47 Å². The number of nitrogens with zero attached hydrogens (tertiary/aromatic N) is 3. The molecule has 2 rings (SSSR count). The summed E-state index contributed by atoms with van der Waals surface area (Å²) in [4.78, 5) is 11.3. The van der Waals surface area contributed by atoms with E-state index in [9.17, 15) is 0 Å². The van der Waals surface area contributed by atoms with Gasteiger partial charge in [-0.25, -0.2) is 4.98 Å². The monoisotopic (exact) mass is 294 g/mol. The zero-order chi connectivity index (χ0) is 15.1. The zero-order valence-corrected chi connectivity index (χ0v) is 13.3. The van der Waals surface area contributed by atoms with Crippen LogP contribution in [0.3, 0.4) is 0 Å². The highest BCUT2D eigenvalue weighted by Crippen LogP contribution is 2.28. The summed E-state index contributed by atoms with van der Waals surface area (Å²) < 4.78 is 10.9. The number of hydrogen-bond donors (Lipinski definition) is 1. The molecule has 21 heavy (non-hydrogen) atoms. The van der Waals surface area contributed by atoms with E-state index < -0.39 is 0 Å². The molecule has 6 heteroatoms. The van der Waals surface area contributed by atoms with Crippen LogP contribution in [0.4, 0.5) is 5.82 Å². The van der Waals surface area contributed by atoms with E-state index in [0.717, 1.165) is 57.3 Å². The Kier molecular flexibility index (Phi) is 6.20. The number of hydrogen-bond acceptors (Lipinski definition) is 6. The van der Waals surface area contributed by atoms with Gasteiger partial charge in [0.05, 0.1) is 7.11 Å². The van der Waals surface area contributed by atoms with Crippen molar-refractivity contribution in [1.29, 1.82) is 0 Å². The van der Waals surface area contributed by atoms with E-state index in [2.05, 4.69) is 34.0 Å². The number of likely N-dealkylation sites (N-methyl/N-ethyl adjacent to an activating group) is 1. The Bertz CT molecular complexity index is 432. The highest BCUT2D eigenvalue weighted by molar-refractivity contribution is 5.38. The summed E-state index contributed by atoms with van der Waals surface area (Å²) in [6, 6.07) is 1.83. The second-order valence-electron chi connectivity index (χ2n) is 5.11. The first-order chi connectivity index (χ1) is 10.3. The topological polar surface area (TPSA) is 59.5 Å². The number of rotatable bonds is 8. The number of aromatic nitrogens is 2. The molecule has 1 fully saturated rings. The molecule has 1 atom stereocenters. The number of ether oxygens (including phenoxy) is 2. The lowest BCUT2D eigenvalue weighted by molar-refractivity contribution is 0.104. The molecule has 1 aromatic rings. The number of methoxy groups -OCH3 is 1. The number of anilines is 1. The van der Waals surface area contributed by atoms with Gasteiger partial charge in [-0.1, -0.05) is 13.8 Å². The van der Waals surface area contributed by atoms with Crippen LogP contribution in [0.5, 0.6) is 5.88 Å². The molecule has 1 aliphatic heterocycles. The largest absolute Gasteiger partial charge is 0.481 e. The standard InChI is InChI=1S/C15H26N4O2/c1-4-19(5-2)9-8-16-13-11-14(20-3)18-15(17-13)12-7-6-10-21-12/h11-12H,4-10H2,1-3H3,(H,16,17,18). The predicted octanol–water partition coefficient (Wildman–Crippen LogP) is 2.09. The summed E-state index contributed by atoms with van der Waals surface area (Å²) in [7, 11) is 1.63. The molecule has 0 saturated carbocycles. The van der Waals surface area contributed by atoms with Gasteiger partial charge in [-0.05, 0) is 25.9 Å². The van der Waals surface area contributed by atoms with Crippen LogP contribution in [0.2, 0.25) is 0 Å². The van der Waals surface area contributed by atoms with Gasteiger partial charge in [0.25, 0.3) is 0 Å². The fraction of sp³-hybridized carbons (Fsp3) is 0.733. The highest BCUT2D eigenvalue weighted by atomic mass is 16.5. The highest BCUT2D eigenvalue weighted by Gasteiger charge is 2.21. The van der Waals surface area contributed by atoms with Gasteiger partial charge in [0.15, 0.2) is 5.82 Å². The minimum Gasteiger partial charge on any atom is -0.481 e. The molecular weight excluding hydrogens is 268 g/mol. The molecule has 2 heterocycles. The average molecular weight is 294 g/mol. The molecule has 1 N–H and O–H groups in total. The van der Waals surface area contributed by atoms with Gasteiger partial charge in [-0.2, -0.15) is 4.98 Å². The van der Waals surface area contributed by atoms with E-state index in [1.54, 1.807) is 7.11 Å². The van der Waals surface area contributed by atoms with Crippen molar-refractivity contribution in [1.82, 2.24) is 14.9 Å². The van der Waals surface area contributed by atoms with E-state index >= 15 is 0 Å². The van der Waals surface area contributed by atoms with Crippen LogP contribution in [0, 0.1) is 0 Å². The summed E-state index contributed by atoms with van der Waals surface area (Å²) >= 11 is 0. The minimum atomic E-state index is 0.00318. The quantitative estimate of drug-likeness (QED) is 0.792. The van der Waals surface area contributed by atoms with Crippen molar-refractivity contribution in [2.75, 3.05) is 45.2 Å². The fourth-order valence-corrected chi connectivity index (χ4v) is 2.45. The van der Waals surface area contributed by atoms with Crippen molar-refractivity contribution >= 4 is 5.82 Å². The fourth-order valence-electron chi connectivity index (χ4n) is 2.45. The summed E-state index contributed by atoms with van der Waals surface area (Å²) in [6.07, 6.45) is 2.05. The average Bonchev–Trinajstić information content (AvgIpc) is 3.05. The summed E-state index contributed by atoms with van der Waals surface area (Å²) in [5, 5.41) is 3.35. The molecule has 0 aliphatic carbocycles. The Morgan fingerprint density at radius 3 is 2.81 bits per heavy atom. The van der Waals surface area contributed by atoms with Crippen molar-refractivity contribution in [3.05, 3.63) is 11.9 Å². The van der Waals surface area contributed by atoms with Gasteiger partial charge in [0.2, 0.25) is 5.88 Å². The van der Waals surface area contributed by atoms with Crippen LogP contribution in [0.25, 0.3) is 0 Å². The minimum absolute atomic E-state index is 0.00318. The lowest BCUT2D eigenvalue weighted by Crippen LogP contribution is -2.28. The van der Waals surface area contributed by atoms with Gasteiger partial charge in [-0.3, -0.25) is 0 Å². The van der Waals surface area contributed by atoms with Gasteiger partial charge >= 0.3 is 0 Å². The Balaban J connectivity index is 1.99. The van der Waals surface area contributed by atoms with Gasteiger partial charge in [0, 0.05) is 25.8 Å². The molecule has 1 aromatic heterocycles. The van der Waals surface area contributed by atoms with Crippen LogP contribution < -0.4 is 10.1 Å². The Labute approximate surface area is 126 Å². The summed E-state index contributed by atoms with van der Waals surface area (Å²) in [6.45, 7) is 9.11. The van der Waals surface area contributed by atoms with Crippen LogP contribution >= 0.6 is 0 Å². The Morgan fingerprint density at radius 2 is 2.19 bits per heavy atom. The molecule has 1 saturated heterocycles. The molecule has 118 valence electrons. The molecule has 0 spiro atoms. The maximum atomic E-state index is 5.65. The first kappa shape index (κ1) is 16.0. The van der Waals surface area contributed by atoms with Crippen molar-refractivity contribution in [2.24, 2.45) is 0 Å². The molecule has 0 aromatic carbocycles. The molecule has 0 amide bonds. The van der Waals surface area contributed by atoms with E-state index in [1.165, 1.54) is 0 Å². The lowest BCUT2D eigenvalue weighted by Gasteiger charge is -2.18.